The van der Waals surface area contributed by atoms with Crippen molar-refractivity contribution in [3.8, 4) is 10.4 Å². The number of hydrogen-bond acceptors (Lipinski definition) is 7. The number of carbonyl (C=O) groups is 3. The van der Waals surface area contributed by atoms with E-state index in [2.05, 4.69) is 27.1 Å². The third kappa shape index (κ3) is 8.97. The number of amides is 1. The molecule has 1 amide bonds. The Balaban J connectivity index is 1.71. The first kappa shape index (κ1) is 34.4. The number of hydrogen-bond donors (Lipinski definition) is 1. The maximum Gasteiger partial charge on any atom is 0.226 e. The van der Waals surface area contributed by atoms with E-state index in [0.29, 0.717) is 32.2 Å². The van der Waals surface area contributed by atoms with Crippen molar-refractivity contribution in [2.45, 2.75) is 105 Å². The van der Waals surface area contributed by atoms with Gasteiger partial charge in [-0.1, -0.05) is 70.9 Å². The highest BCUT2D eigenvalue weighted by molar-refractivity contribution is 7.13. The Hall–Kier alpha value is -3.07. The predicted octanol–water partition coefficient (Wildman–Crippen LogP) is 7.27. The number of ketones is 2. The molecule has 0 unspecified atom stereocenters. The van der Waals surface area contributed by atoms with Gasteiger partial charge in [0.2, 0.25) is 5.91 Å². The normalized spacial score (nSPS) is 18.7. The molecule has 4 atom stereocenters. The van der Waals surface area contributed by atoms with E-state index in [0.717, 1.165) is 21.7 Å². The maximum absolute atomic E-state index is 14.1. The van der Waals surface area contributed by atoms with Crippen LogP contribution in [0.25, 0.3) is 20.9 Å². The fraction of sp³-hybridized carbons (Fsp3) is 0.636. The minimum atomic E-state index is -0.763. The number of β-amino-alcohol motifs (C(OH)–C–C–N with tert-alkyl or cyclic N) is 1. The highest BCUT2D eigenvalue weighted by atomic mass is 32.1. The minimum absolute atomic E-state index is 0.0485. The summed E-state index contributed by atoms with van der Waals surface area (Å²) >= 11 is 1.60. The lowest BCUT2D eigenvalue weighted by molar-refractivity contribution is -0.146. The second-order valence-corrected chi connectivity index (χ2v) is 14.6. The number of aliphatic hydroxyl groups excluding tert-OH is 1. The molecule has 3 rings (SSSR count). The van der Waals surface area contributed by atoms with Crippen molar-refractivity contribution < 1.29 is 19.5 Å². The Morgan fingerprint density at radius 3 is 2.42 bits per heavy atom. The maximum atomic E-state index is 14.1. The molecule has 43 heavy (non-hydrogen) atoms. The number of benzene rings is 1. The zero-order valence-corrected chi connectivity index (χ0v) is 27.5. The molecule has 2 aromatic rings. The number of unbranched alkanes of at least 4 members (excludes halogenated alkanes) is 1. The van der Waals surface area contributed by atoms with Gasteiger partial charge in [-0.3, -0.25) is 14.4 Å². The van der Waals surface area contributed by atoms with Gasteiger partial charge in [0.15, 0.2) is 5.78 Å². The molecule has 0 spiro atoms. The van der Waals surface area contributed by atoms with E-state index in [1.54, 1.807) is 16.2 Å². The van der Waals surface area contributed by atoms with E-state index in [-0.39, 0.29) is 42.8 Å². The number of likely N-dealkylation sites (tertiary alicyclic amines) is 1. The van der Waals surface area contributed by atoms with Crippen molar-refractivity contribution in [1.29, 1.82) is 0 Å². The van der Waals surface area contributed by atoms with Gasteiger partial charge in [-0.25, -0.2) is 4.98 Å². The van der Waals surface area contributed by atoms with Crippen LogP contribution < -0.4 is 0 Å². The molecule has 0 saturated carbocycles. The molecule has 1 saturated heterocycles. The van der Waals surface area contributed by atoms with Crippen LogP contribution in [0.3, 0.4) is 0 Å². The van der Waals surface area contributed by atoms with E-state index in [4.69, 9.17) is 5.53 Å². The van der Waals surface area contributed by atoms with E-state index in [1.807, 2.05) is 66.1 Å². The summed E-state index contributed by atoms with van der Waals surface area (Å²) in [6, 6.07) is 7.52. The zero-order chi connectivity index (χ0) is 31.9. The van der Waals surface area contributed by atoms with Crippen molar-refractivity contribution >= 4 is 28.8 Å². The molecule has 1 N–H and O–H groups in total. The zero-order valence-electron chi connectivity index (χ0n) is 26.7. The number of aromatic nitrogens is 1. The van der Waals surface area contributed by atoms with Crippen LogP contribution in [0.2, 0.25) is 0 Å². The summed E-state index contributed by atoms with van der Waals surface area (Å²) in [5.74, 6) is -0.718. The van der Waals surface area contributed by atoms with Gasteiger partial charge in [-0.2, -0.15) is 0 Å². The summed E-state index contributed by atoms with van der Waals surface area (Å²) in [5.41, 5.74) is 12.2. The van der Waals surface area contributed by atoms with E-state index >= 15 is 0 Å². The Morgan fingerprint density at radius 1 is 1.16 bits per heavy atom. The molecule has 2 heterocycles. The first-order valence-electron chi connectivity index (χ1n) is 15.2. The lowest BCUT2D eigenvalue weighted by Crippen LogP contribution is -2.48. The lowest BCUT2D eigenvalue weighted by Gasteiger charge is -2.39. The molecule has 1 aromatic carbocycles. The fourth-order valence-electron chi connectivity index (χ4n) is 5.90. The van der Waals surface area contributed by atoms with Crippen molar-refractivity contribution in [3.63, 3.8) is 0 Å². The number of rotatable bonds is 14. The summed E-state index contributed by atoms with van der Waals surface area (Å²) in [6.07, 6.45) is 1.69. The number of carbonyl (C=O) groups excluding carboxylic acids is 3. The first-order valence-corrected chi connectivity index (χ1v) is 16.1. The van der Waals surface area contributed by atoms with Crippen LogP contribution in [0.4, 0.5) is 0 Å². The Bertz CT molecular complexity index is 1320. The fourth-order valence-corrected chi connectivity index (χ4v) is 6.71. The summed E-state index contributed by atoms with van der Waals surface area (Å²) in [4.78, 5) is 50.7. The van der Waals surface area contributed by atoms with Gasteiger partial charge < -0.3 is 10.0 Å². The summed E-state index contributed by atoms with van der Waals surface area (Å²) in [6.45, 7) is 14.2. The monoisotopic (exact) mass is 609 g/mol. The van der Waals surface area contributed by atoms with Gasteiger partial charge in [0.05, 0.1) is 28.2 Å². The number of nitrogens with zero attached hydrogens (tertiary/aromatic N) is 5. The average molecular weight is 610 g/mol. The smallest absolute Gasteiger partial charge is 0.226 e. The molecule has 9 nitrogen and oxygen atoms in total. The number of aliphatic hydroxyl groups is 1. The van der Waals surface area contributed by atoms with Gasteiger partial charge in [-0.05, 0) is 54.2 Å². The largest absolute Gasteiger partial charge is 0.391 e. The van der Waals surface area contributed by atoms with Crippen LogP contribution in [-0.2, 0) is 14.4 Å². The molecular formula is C33H47N5O4S. The van der Waals surface area contributed by atoms with Crippen molar-refractivity contribution in [3.05, 3.63) is 51.5 Å². The minimum Gasteiger partial charge on any atom is -0.391 e. The standard InChI is InChI=1S/C33H47N5O4S/c1-21(23-11-13-24(14-12-23)30-22(2)35-20-43-30)16-28(40)27-17-25(39)19-38(27)31(42)26(32(3,4)5)18-33(6,7)29(41)10-8-9-15-36-37-34/h11-14,20-21,25-27,39H,8-10,15-19H2,1-7H3/t21-,25-,26+,27+/m1/s1. The Morgan fingerprint density at radius 2 is 1.84 bits per heavy atom. The number of thiazole rings is 1. The molecule has 0 aliphatic carbocycles. The second-order valence-electron chi connectivity index (χ2n) is 13.7. The third-order valence-corrected chi connectivity index (χ3v) is 9.69. The summed E-state index contributed by atoms with van der Waals surface area (Å²) < 4.78 is 0. The lowest BCUT2D eigenvalue weighted by atomic mass is 9.68. The van der Waals surface area contributed by atoms with Gasteiger partial charge in [-0.15, -0.1) is 11.3 Å². The first-order chi connectivity index (χ1) is 20.2. The molecule has 10 heteroatoms. The topological polar surface area (TPSA) is 136 Å². The van der Waals surface area contributed by atoms with Crippen molar-refractivity contribution in [2.75, 3.05) is 13.1 Å². The third-order valence-electron chi connectivity index (χ3n) is 8.72. The van der Waals surface area contributed by atoms with E-state index < -0.39 is 28.9 Å². The summed E-state index contributed by atoms with van der Waals surface area (Å²) in [5, 5.41) is 14.1. The summed E-state index contributed by atoms with van der Waals surface area (Å²) in [7, 11) is 0. The molecule has 1 aliphatic heterocycles. The Kier molecular flexibility index (Phi) is 11.7. The van der Waals surface area contributed by atoms with E-state index in [1.165, 1.54) is 0 Å². The van der Waals surface area contributed by atoms with Gasteiger partial charge in [0, 0.05) is 48.6 Å². The van der Waals surface area contributed by atoms with E-state index in [9.17, 15) is 19.5 Å². The van der Waals surface area contributed by atoms with Crippen LogP contribution in [0.15, 0.2) is 34.9 Å². The van der Waals surface area contributed by atoms with Gasteiger partial charge >= 0.3 is 0 Å². The molecule has 0 bridgehead atoms. The molecule has 1 fully saturated rings. The Labute approximate surface area is 259 Å². The predicted molar refractivity (Wildman–Crippen MR) is 171 cm³/mol. The molecule has 0 radical (unpaired) electrons. The number of azide groups is 1. The van der Waals surface area contributed by atoms with Crippen LogP contribution in [0.1, 0.15) is 97.2 Å². The average Bonchev–Trinajstić information content (AvgIpc) is 3.55. The highest BCUT2D eigenvalue weighted by Crippen LogP contribution is 2.40. The van der Waals surface area contributed by atoms with Crippen LogP contribution in [0, 0.1) is 23.7 Å². The number of aryl methyl sites for hydroxylation is 1. The quantitative estimate of drug-likeness (QED) is 0.104. The van der Waals surface area contributed by atoms with Gasteiger partial charge in [0.1, 0.15) is 5.78 Å². The van der Waals surface area contributed by atoms with Crippen molar-refractivity contribution in [1.82, 2.24) is 9.88 Å². The molecule has 1 aliphatic rings. The van der Waals surface area contributed by atoms with Crippen LogP contribution in [0.5, 0.6) is 0 Å². The van der Waals surface area contributed by atoms with Crippen LogP contribution >= 0.6 is 11.3 Å². The van der Waals surface area contributed by atoms with Crippen molar-refractivity contribution in [2.24, 2.45) is 21.9 Å². The molecule has 1 aromatic heterocycles. The number of Topliss-reactive ketones (excluding diaryl/α,β-unsaturated/α-hetero) is 2. The molecule has 234 valence electrons. The van der Waals surface area contributed by atoms with Gasteiger partial charge in [0.25, 0.3) is 0 Å². The highest BCUT2D eigenvalue weighted by Gasteiger charge is 2.46. The SMILES string of the molecule is Cc1ncsc1-c1ccc([C@H](C)CC(=O)[C@@H]2C[C@@H](O)CN2C(=O)[C@H](CC(C)(C)C(=O)CCCCN=[N+]=[N-])C(C)(C)C)cc1. The van der Waals surface area contributed by atoms with Crippen LogP contribution in [-0.4, -0.2) is 57.7 Å². The molecular weight excluding hydrogens is 562 g/mol. The second kappa shape index (κ2) is 14.6.